The van der Waals surface area contributed by atoms with Gasteiger partial charge in [-0.15, -0.1) is 0 Å². The van der Waals surface area contributed by atoms with Gasteiger partial charge >= 0.3 is 0 Å². The minimum absolute atomic E-state index is 0.250. The van der Waals surface area contributed by atoms with Crippen LogP contribution in [0.4, 0.5) is 0 Å². The number of carbonyl (C=O) groups is 1. The summed E-state index contributed by atoms with van der Waals surface area (Å²) in [6, 6.07) is 0. The number of aromatic amines is 1. The van der Waals surface area contributed by atoms with Crippen LogP contribution in [-0.4, -0.2) is 21.0 Å². The number of aryl methyl sites for hydroxylation is 1. The average Bonchev–Trinajstić information content (AvgIpc) is 2.50. The van der Waals surface area contributed by atoms with E-state index in [1.807, 2.05) is 20.8 Å². The van der Waals surface area contributed by atoms with Crippen molar-refractivity contribution in [2.24, 2.45) is 5.41 Å². The van der Waals surface area contributed by atoms with Gasteiger partial charge < -0.3 is 0 Å². The molecule has 4 heteroatoms. The zero-order valence-electron chi connectivity index (χ0n) is 8.29. The molecule has 0 saturated heterocycles. The lowest BCUT2D eigenvalue weighted by molar-refractivity contribution is -0.126. The van der Waals surface area contributed by atoms with Gasteiger partial charge in [-0.05, 0) is 0 Å². The van der Waals surface area contributed by atoms with Gasteiger partial charge in [0.05, 0.1) is 0 Å². The SMILES string of the molecule is CC(C)(C)C(=O)CCc1ncn[nH]1. The minimum Gasteiger partial charge on any atom is -0.299 e. The highest BCUT2D eigenvalue weighted by atomic mass is 16.1. The Kier molecular flexibility index (Phi) is 2.80. The standard InChI is InChI=1S/C9H15N3O/c1-9(2,3)7(13)4-5-8-10-6-11-12-8/h6H,4-5H2,1-3H3,(H,10,11,12). The lowest BCUT2D eigenvalue weighted by Gasteiger charge is -2.15. The van der Waals surface area contributed by atoms with Crippen molar-refractivity contribution in [3.05, 3.63) is 12.2 Å². The largest absolute Gasteiger partial charge is 0.299 e. The van der Waals surface area contributed by atoms with E-state index < -0.39 is 0 Å². The smallest absolute Gasteiger partial charge is 0.138 e. The summed E-state index contributed by atoms with van der Waals surface area (Å²) in [6.45, 7) is 5.78. The van der Waals surface area contributed by atoms with Crippen LogP contribution in [0, 0.1) is 5.41 Å². The molecule has 0 aliphatic heterocycles. The van der Waals surface area contributed by atoms with Gasteiger partial charge in [-0.2, -0.15) is 5.10 Å². The van der Waals surface area contributed by atoms with Crippen LogP contribution in [0.1, 0.15) is 33.0 Å². The highest BCUT2D eigenvalue weighted by Gasteiger charge is 2.20. The van der Waals surface area contributed by atoms with E-state index >= 15 is 0 Å². The van der Waals surface area contributed by atoms with Crippen LogP contribution in [0.2, 0.25) is 0 Å². The highest BCUT2D eigenvalue weighted by Crippen LogP contribution is 2.17. The molecule has 4 nitrogen and oxygen atoms in total. The minimum atomic E-state index is -0.250. The molecule has 1 aromatic rings. The quantitative estimate of drug-likeness (QED) is 0.765. The van der Waals surface area contributed by atoms with Crippen LogP contribution in [0.15, 0.2) is 6.33 Å². The Balaban J connectivity index is 2.40. The Morgan fingerprint density at radius 2 is 2.23 bits per heavy atom. The summed E-state index contributed by atoms with van der Waals surface area (Å²) in [7, 11) is 0. The zero-order valence-corrected chi connectivity index (χ0v) is 8.29. The number of aromatic nitrogens is 3. The first kappa shape index (κ1) is 9.89. The third-order valence-corrected chi connectivity index (χ3v) is 1.89. The normalized spacial score (nSPS) is 11.6. The van der Waals surface area contributed by atoms with Gasteiger partial charge in [0.1, 0.15) is 17.9 Å². The van der Waals surface area contributed by atoms with E-state index in [9.17, 15) is 4.79 Å². The first-order valence-electron chi connectivity index (χ1n) is 4.37. The van der Waals surface area contributed by atoms with E-state index in [1.165, 1.54) is 6.33 Å². The van der Waals surface area contributed by atoms with E-state index in [0.29, 0.717) is 12.8 Å². The van der Waals surface area contributed by atoms with Gasteiger partial charge in [0.2, 0.25) is 0 Å². The van der Waals surface area contributed by atoms with Crippen molar-refractivity contribution < 1.29 is 4.79 Å². The van der Waals surface area contributed by atoms with E-state index in [4.69, 9.17) is 0 Å². The van der Waals surface area contributed by atoms with Crippen molar-refractivity contribution >= 4 is 5.78 Å². The molecule has 1 heterocycles. The third-order valence-electron chi connectivity index (χ3n) is 1.89. The van der Waals surface area contributed by atoms with Gasteiger partial charge in [0.15, 0.2) is 0 Å². The summed E-state index contributed by atoms with van der Waals surface area (Å²) in [4.78, 5) is 15.4. The van der Waals surface area contributed by atoms with Crippen molar-refractivity contribution in [2.75, 3.05) is 0 Å². The van der Waals surface area contributed by atoms with Crippen LogP contribution in [0.5, 0.6) is 0 Å². The summed E-state index contributed by atoms with van der Waals surface area (Å²) < 4.78 is 0. The molecule has 0 atom stereocenters. The Morgan fingerprint density at radius 1 is 1.54 bits per heavy atom. The lowest BCUT2D eigenvalue weighted by Crippen LogP contribution is -2.20. The zero-order chi connectivity index (χ0) is 9.90. The average molecular weight is 181 g/mol. The third kappa shape index (κ3) is 2.97. The molecule has 0 fully saturated rings. The fourth-order valence-corrected chi connectivity index (χ4v) is 0.958. The molecule has 1 rings (SSSR count). The summed E-state index contributed by atoms with van der Waals surface area (Å²) in [5.41, 5.74) is -0.250. The van der Waals surface area contributed by atoms with E-state index in [0.717, 1.165) is 5.82 Å². The van der Waals surface area contributed by atoms with Crippen molar-refractivity contribution in [1.29, 1.82) is 0 Å². The Bertz CT molecular complexity index is 272. The number of hydrogen-bond donors (Lipinski definition) is 1. The second-order valence-corrected chi connectivity index (χ2v) is 4.11. The first-order chi connectivity index (χ1) is 6.00. The molecule has 0 aromatic carbocycles. The highest BCUT2D eigenvalue weighted by molar-refractivity contribution is 5.83. The number of ketones is 1. The number of hydrogen-bond acceptors (Lipinski definition) is 3. The molecule has 0 amide bonds. The second-order valence-electron chi connectivity index (χ2n) is 4.11. The number of nitrogens with zero attached hydrogens (tertiary/aromatic N) is 2. The fourth-order valence-electron chi connectivity index (χ4n) is 0.958. The summed E-state index contributed by atoms with van der Waals surface area (Å²) >= 11 is 0. The van der Waals surface area contributed by atoms with Crippen molar-refractivity contribution in [1.82, 2.24) is 15.2 Å². The Morgan fingerprint density at radius 3 is 2.69 bits per heavy atom. The molecule has 72 valence electrons. The molecule has 0 spiro atoms. The number of H-pyrrole nitrogens is 1. The van der Waals surface area contributed by atoms with Crippen LogP contribution < -0.4 is 0 Å². The van der Waals surface area contributed by atoms with Crippen LogP contribution in [-0.2, 0) is 11.2 Å². The lowest BCUT2D eigenvalue weighted by atomic mass is 9.88. The summed E-state index contributed by atoms with van der Waals surface area (Å²) in [6.07, 6.45) is 2.63. The Hall–Kier alpha value is -1.19. The van der Waals surface area contributed by atoms with E-state index in [-0.39, 0.29) is 11.2 Å². The Labute approximate surface area is 77.8 Å². The van der Waals surface area contributed by atoms with Crippen molar-refractivity contribution in [3.63, 3.8) is 0 Å². The molecule has 13 heavy (non-hydrogen) atoms. The van der Waals surface area contributed by atoms with Crippen LogP contribution in [0.3, 0.4) is 0 Å². The van der Waals surface area contributed by atoms with Gasteiger partial charge in [0.25, 0.3) is 0 Å². The second kappa shape index (κ2) is 3.68. The van der Waals surface area contributed by atoms with Crippen LogP contribution in [0.25, 0.3) is 0 Å². The van der Waals surface area contributed by atoms with Crippen molar-refractivity contribution in [3.8, 4) is 0 Å². The molecule has 0 aliphatic carbocycles. The maximum absolute atomic E-state index is 11.5. The fraction of sp³-hybridized carbons (Fsp3) is 0.667. The van der Waals surface area contributed by atoms with Gasteiger partial charge in [-0.1, -0.05) is 20.8 Å². The molecule has 0 saturated carbocycles. The van der Waals surface area contributed by atoms with Gasteiger partial charge in [-0.3, -0.25) is 9.89 Å². The number of Topliss-reactive ketones (excluding diaryl/α,β-unsaturated/α-hetero) is 1. The number of rotatable bonds is 3. The monoisotopic (exact) mass is 181 g/mol. The van der Waals surface area contributed by atoms with E-state index in [2.05, 4.69) is 15.2 Å². The topological polar surface area (TPSA) is 58.6 Å². The number of carbonyl (C=O) groups excluding carboxylic acids is 1. The molecular formula is C9H15N3O. The van der Waals surface area contributed by atoms with Crippen molar-refractivity contribution in [2.45, 2.75) is 33.6 Å². The predicted octanol–water partition coefficient (Wildman–Crippen LogP) is 1.35. The molecule has 0 bridgehead atoms. The first-order valence-corrected chi connectivity index (χ1v) is 4.37. The molecule has 1 N–H and O–H groups in total. The summed E-state index contributed by atoms with van der Waals surface area (Å²) in [5.74, 6) is 1.03. The molecule has 1 aromatic heterocycles. The molecule has 0 unspecified atom stereocenters. The number of nitrogens with one attached hydrogen (secondary N) is 1. The molecule has 0 radical (unpaired) electrons. The van der Waals surface area contributed by atoms with E-state index in [1.54, 1.807) is 0 Å². The summed E-state index contributed by atoms with van der Waals surface area (Å²) in [5, 5.41) is 6.45. The van der Waals surface area contributed by atoms with Crippen LogP contribution >= 0.6 is 0 Å². The maximum atomic E-state index is 11.5. The van der Waals surface area contributed by atoms with Gasteiger partial charge in [0, 0.05) is 18.3 Å². The maximum Gasteiger partial charge on any atom is 0.138 e. The van der Waals surface area contributed by atoms with Gasteiger partial charge in [-0.25, -0.2) is 4.98 Å². The molecule has 0 aliphatic rings. The molecular weight excluding hydrogens is 166 g/mol. The predicted molar refractivity (Wildman–Crippen MR) is 49.2 cm³/mol.